The number of aliphatic hydroxyl groups is 1. The number of rotatable bonds is 5. The highest BCUT2D eigenvalue weighted by molar-refractivity contribution is 9.10. The highest BCUT2D eigenvalue weighted by Crippen LogP contribution is 2.22. The van der Waals surface area contributed by atoms with Crippen LogP contribution in [0.25, 0.3) is 0 Å². The van der Waals surface area contributed by atoms with Gasteiger partial charge in [0.25, 0.3) is 0 Å². The highest BCUT2D eigenvalue weighted by Gasteiger charge is 2.16. The van der Waals surface area contributed by atoms with Crippen molar-refractivity contribution in [3.05, 3.63) is 47.0 Å². The molecule has 0 saturated heterocycles. The third-order valence-corrected chi connectivity index (χ3v) is 2.69. The van der Waals surface area contributed by atoms with Gasteiger partial charge in [-0.05, 0) is 18.6 Å². The van der Waals surface area contributed by atoms with Gasteiger partial charge in [-0.1, -0.05) is 34.1 Å². The minimum atomic E-state index is -0.469. The number of aliphatic hydroxyl groups excluding tert-OH is 1. The Kier molecular flexibility index (Phi) is 5.02. The maximum atomic E-state index is 9.55. The van der Waals surface area contributed by atoms with Gasteiger partial charge in [-0.3, -0.25) is 0 Å². The zero-order valence-electron chi connectivity index (χ0n) is 8.49. The summed E-state index contributed by atoms with van der Waals surface area (Å²) in [5.74, 6) is 0. The van der Waals surface area contributed by atoms with Crippen LogP contribution in [-0.2, 0) is 0 Å². The molecule has 1 aromatic rings. The molecule has 2 nitrogen and oxygen atoms in total. The van der Waals surface area contributed by atoms with E-state index in [-0.39, 0.29) is 6.10 Å². The fourth-order valence-electron chi connectivity index (χ4n) is 1.42. The second kappa shape index (κ2) is 6.05. The molecule has 0 radical (unpaired) electrons. The Morgan fingerprint density at radius 3 is 2.87 bits per heavy atom. The normalized spacial score (nSPS) is 14.6. The van der Waals surface area contributed by atoms with Crippen molar-refractivity contribution in [1.82, 2.24) is 0 Å². The van der Waals surface area contributed by atoms with Crippen molar-refractivity contribution in [3.8, 4) is 0 Å². The Labute approximate surface area is 98.4 Å². The first kappa shape index (κ1) is 12.4. The summed E-state index contributed by atoms with van der Waals surface area (Å²) < 4.78 is 0.968. The van der Waals surface area contributed by atoms with Crippen molar-refractivity contribution in [1.29, 1.82) is 0 Å². The Morgan fingerprint density at radius 2 is 2.27 bits per heavy atom. The molecule has 0 saturated carbocycles. The SMILES string of the molecule is C=CCC(O)CC([OH2+])c1cccc(Br)c1. The summed E-state index contributed by atoms with van der Waals surface area (Å²) in [5, 5.41) is 17.5. The average Bonchev–Trinajstić information content (AvgIpc) is 2.18. The van der Waals surface area contributed by atoms with Gasteiger partial charge in [-0.25, -0.2) is 0 Å². The number of halogens is 1. The summed E-state index contributed by atoms with van der Waals surface area (Å²) in [6.07, 6.45) is 1.82. The third-order valence-electron chi connectivity index (χ3n) is 2.20. The quantitative estimate of drug-likeness (QED) is 0.649. The Hall–Kier alpha value is -0.640. The molecule has 0 fully saturated rings. The largest absolute Gasteiger partial charge is 0.440 e. The molecular formula is C12H16BrO2+. The van der Waals surface area contributed by atoms with Crippen molar-refractivity contribution in [2.24, 2.45) is 0 Å². The molecule has 0 heterocycles. The van der Waals surface area contributed by atoms with Crippen LogP contribution < -0.4 is 0 Å². The highest BCUT2D eigenvalue weighted by atomic mass is 79.9. The van der Waals surface area contributed by atoms with E-state index in [1.54, 1.807) is 6.08 Å². The van der Waals surface area contributed by atoms with E-state index in [0.717, 1.165) is 10.0 Å². The van der Waals surface area contributed by atoms with Crippen molar-refractivity contribution in [2.75, 3.05) is 0 Å². The van der Waals surface area contributed by atoms with Crippen LogP contribution in [0.3, 0.4) is 0 Å². The van der Waals surface area contributed by atoms with Crippen molar-refractivity contribution in [2.45, 2.75) is 25.0 Å². The molecule has 2 atom stereocenters. The van der Waals surface area contributed by atoms with Crippen molar-refractivity contribution >= 4 is 15.9 Å². The molecule has 0 aromatic heterocycles. The fraction of sp³-hybridized carbons (Fsp3) is 0.333. The van der Waals surface area contributed by atoms with E-state index in [0.29, 0.717) is 12.8 Å². The van der Waals surface area contributed by atoms with E-state index >= 15 is 0 Å². The summed E-state index contributed by atoms with van der Waals surface area (Å²) in [4.78, 5) is 0. The van der Waals surface area contributed by atoms with Gasteiger partial charge in [-0.15, -0.1) is 6.58 Å². The van der Waals surface area contributed by atoms with Gasteiger partial charge in [0.15, 0.2) is 6.10 Å². The van der Waals surface area contributed by atoms with Crippen molar-refractivity contribution in [3.63, 3.8) is 0 Å². The zero-order chi connectivity index (χ0) is 11.3. The van der Waals surface area contributed by atoms with E-state index in [4.69, 9.17) is 5.11 Å². The van der Waals surface area contributed by atoms with Crippen LogP contribution in [0, 0.1) is 0 Å². The Morgan fingerprint density at radius 1 is 1.53 bits per heavy atom. The Balaban J connectivity index is 2.60. The summed E-state index contributed by atoms with van der Waals surface area (Å²) in [6, 6.07) is 7.65. The molecule has 0 aliphatic heterocycles. The van der Waals surface area contributed by atoms with E-state index in [1.807, 2.05) is 24.3 Å². The van der Waals surface area contributed by atoms with Crippen LogP contribution in [0.4, 0.5) is 0 Å². The van der Waals surface area contributed by atoms with Gasteiger partial charge in [0.2, 0.25) is 0 Å². The first-order chi connectivity index (χ1) is 7.13. The molecule has 82 valence electrons. The standard InChI is InChI=1S/C12H15BrO2/c1-2-4-11(14)8-12(15)9-5-3-6-10(13)7-9/h2-3,5-7,11-12,14-15H,1,4,8H2/p+1. The number of hydrogen-bond acceptors (Lipinski definition) is 1. The van der Waals surface area contributed by atoms with Crippen LogP contribution in [0.5, 0.6) is 0 Å². The Bertz CT molecular complexity index is 325. The maximum Gasteiger partial charge on any atom is 0.182 e. The number of hydrogen-bond donors (Lipinski definition) is 1. The monoisotopic (exact) mass is 271 g/mol. The molecule has 0 aliphatic carbocycles. The van der Waals surface area contributed by atoms with Gasteiger partial charge in [0.05, 0.1) is 12.5 Å². The maximum absolute atomic E-state index is 9.55. The molecule has 0 spiro atoms. The van der Waals surface area contributed by atoms with Crippen LogP contribution >= 0.6 is 15.9 Å². The molecule has 1 aromatic carbocycles. The summed E-state index contributed by atoms with van der Waals surface area (Å²) in [6.45, 7) is 3.57. The fourth-order valence-corrected chi connectivity index (χ4v) is 1.84. The van der Waals surface area contributed by atoms with Crippen LogP contribution in [0.15, 0.2) is 41.4 Å². The first-order valence-electron chi connectivity index (χ1n) is 4.89. The van der Waals surface area contributed by atoms with E-state index < -0.39 is 6.10 Å². The van der Waals surface area contributed by atoms with Crippen LogP contribution in [0.2, 0.25) is 0 Å². The average molecular weight is 272 g/mol. The molecule has 0 amide bonds. The predicted octanol–water partition coefficient (Wildman–Crippen LogP) is 2.54. The minimum Gasteiger partial charge on any atom is -0.440 e. The van der Waals surface area contributed by atoms with E-state index in [1.165, 1.54) is 0 Å². The lowest BCUT2D eigenvalue weighted by Crippen LogP contribution is -2.11. The lowest BCUT2D eigenvalue weighted by atomic mass is 10.0. The molecule has 2 unspecified atom stereocenters. The van der Waals surface area contributed by atoms with Gasteiger partial charge >= 0.3 is 0 Å². The van der Waals surface area contributed by atoms with Crippen molar-refractivity contribution < 1.29 is 10.2 Å². The van der Waals surface area contributed by atoms with Gasteiger partial charge in [0, 0.05) is 10.0 Å². The number of benzene rings is 1. The predicted molar refractivity (Wildman–Crippen MR) is 65.9 cm³/mol. The summed E-state index contributed by atoms with van der Waals surface area (Å²) >= 11 is 3.37. The minimum absolute atomic E-state index is 0.377. The van der Waals surface area contributed by atoms with Gasteiger partial charge in [-0.2, -0.15) is 0 Å². The zero-order valence-corrected chi connectivity index (χ0v) is 10.1. The van der Waals surface area contributed by atoms with Crippen LogP contribution in [-0.4, -0.2) is 16.3 Å². The first-order valence-corrected chi connectivity index (χ1v) is 5.68. The summed E-state index contributed by atoms with van der Waals surface area (Å²) in [7, 11) is 0. The molecule has 0 bridgehead atoms. The summed E-state index contributed by atoms with van der Waals surface area (Å²) in [5.41, 5.74) is 0.924. The molecule has 1 rings (SSSR count). The van der Waals surface area contributed by atoms with Gasteiger partial charge in [0.1, 0.15) is 0 Å². The molecular weight excluding hydrogens is 256 g/mol. The molecule has 3 N–H and O–H groups in total. The van der Waals surface area contributed by atoms with E-state index in [2.05, 4.69) is 22.5 Å². The molecule has 15 heavy (non-hydrogen) atoms. The van der Waals surface area contributed by atoms with Gasteiger partial charge < -0.3 is 10.2 Å². The second-order valence-corrected chi connectivity index (χ2v) is 4.44. The third kappa shape index (κ3) is 4.16. The molecule has 0 aliphatic rings. The smallest absolute Gasteiger partial charge is 0.182 e. The van der Waals surface area contributed by atoms with E-state index in [9.17, 15) is 5.11 Å². The lowest BCUT2D eigenvalue weighted by Gasteiger charge is -2.11. The van der Waals surface area contributed by atoms with Crippen LogP contribution in [0.1, 0.15) is 24.5 Å². The molecule has 3 heteroatoms. The topological polar surface area (TPSA) is 43.1 Å². The lowest BCUT2D eigenvalue weighted by molar-refractivity contribution is 0.0822. The second-order valence-electron chi connectivity index (χ2n) is 3.52.